The summed E-state index contributed by atoms with van der Waals surface area (Å²) in [5.74, 6) is 1.80. The van der Waals surface area contributed by atoms with Gasteiger partial charge in [0.25, 0.3) is 0 Å². The van der Waals surface area contributed by atoms with E-state index in [9.17, 15) is 4.79 Å². The Morgan fingerprint density at radius 1 is 1.28 bits per heavy atom. The molecule has 0 radical (unpaired) electrons. The monoisotopic (exact) mass is 347 g/mol. The Kier molecular flexibility index (Phi) is 5.24. The largest absolute Gasteiger partial charge is 0.379 e. The molecule has 2 fully saturated rings. The molecule has 2 aliphatic heterocycles. The van der Waals surface area contributed by atoms with Crippen molar-refractivity contribution in [1.82, 2.24) is 19.8 Å². The van der Waals surface area contributed by atoms with Crippen molar-refractivity contribution in [2.75, 3.05) is 58.4 Å². The molecule has 1 aromatic heterocycles. The number of aryl methyl sites for hydroxylation is 1. The maximum atomic E-state index is 13.0. The van der Waals surface area contributed by atoms with Gasteiger partial charge in [-0.2, -0.15) is 0 Å². The Balaban J connectivity index is 1.82. The van der Waals surface area contributed by atoms with E-state index in [2.05, 4.69) is 16.8 Å². The maximum Gasteiger partial charge on any atom is 0.237 e. The highest BCUT2D eigenvalue weighted by atomic mass is 16.5. The Hall–Kier alpha value is -1.73. The SMILES string of the molecule is Cc1cc(N(C)C)nc([C@@]2(C)CCCN2C(=O)CN2CCOCC2)n1. The number of carbonyl (C=O) groups is 1. The Bertz CT molecular complexity index is 630. The molecule has 1 atom stereocenters. The van der Waals surface area contributed by atoms with Crippen molar-refractivity contribution in [3.05, 3.63) is 17.6 Å². The summed E-state index contributed by atoms with van der Waals surface area (Å²) in [4.78, 5) is 28.6. The summed E-state index contributed by atoms with van der Waals surface area (Å²) in [6.45, 7) is 8.36. The summed E-state index contributed by atoms with van der Waals surface area (Å²) in [6, 6.07) is 1.97. The number of anilines is 1. The molecular weight excluding hydrogens is 318 g/mol. The minimum atomic E-state index is -0.430. The molecule has 1 aromatic rings. The first-order valence-corrected chi connectivity index (χ1v) is 9.04. The van der Waals surface area contributed by atoms with Crippen LogP contribution in [0.1, 0.15) is 31.3 Å². The van der Waals surface area contributed by atoms with Crippen LogP contribution in [0.5, 0.6) is 0 Å². The van der Waals surface area contributed by atoms with Crippen LogP contribution in [0.2, 0.25) is 0 Å². The van der Waals surface area contributed by atoms with Crippen molar-refractivity contribution in [3.63, 3.8) is 0 Å². The van der Waals surface area contributed by atoms with Gasteiger partial charge in [0.2, 0.25) is 5.91 Å². The van der Waals surface area contributed by atoms with Gasteiger partial charge in [-0.25, -0.2) is 9.97 Å². The number of likely N-dealkylation sites (tertiary alicyclic amines) is 1. The average Bonchev–Trinajstić information content (AvgIpc) is 2.98. The third-order valence-corrected chi connectivity index (χ3v) is 5.19. The summed E-state index contributed by atoms with van der Waals surface area (Å²) in [7, 11) is 3.95. The third-order valence-electron chi connectivity index (χ3n) is 5.19. The molecule has 3 heterocycles. The van der Waals surface area contributed by atoms with E-state index in [1.165, 1.54) is 0 Å². The minimum Gasteiger partial charge on any atom is -0.379 e. The van der Waals surface area contributed by atoms with Gasteiger partial charge >= 0.3 is 0 Å². The van der Waals surface area contributed by atoms with E-state index in [0.29, 0.717) is 19.8 Å². The molecule has 2 saturated heterocycles. The van der Waals surface area contributed by atoms with Crippen LogP contribution >= 0.6 is 0 Å². The number of hydrogen-bond acceptors (Lipinski definition) is 6. The lowest BCUT2D eigenvalue weighted by atomic mass is 9.97. The van der Waals surface area contributed by atoms with Crippen molar-refractivity contribution >= 4 is 11.7 Å². The average molecular weight is 347 g/mol. The highest BCUT2D eigenvalue weighted by Gasteiger charge is 2.43. The van der Waals surface area contributed by atoms with Crippen LogP contribution in [0.4, 0.5) is 5.82 Å². The van der Waals surface area contributed by atoms with E-state index in [0.717, 1.165) is 49.8 Å². The van der Waals surface area contributed by atoms with Gasteiger partial charge < -0.3 is 14.5 Å². The fourth-order valence-corrected chi connectivity index (χ4v) is 3.65. The number of morpholine rings is 1. The molecule has 7 nitrogen and oxygen atoms in total. The highest BCUT2D eigenvalue weighted by molar-refractivity contribution is 5.79. The number of nitrogens with zero attached hydrogens (tertiary/aromatic N) is 5. The predicted molar refractivity (Wildman–Crippen MR) is 96.7 cm³/mol. The summed E-state index contributed by atoms with van der Waals surface area (Å²) in [5, 5.41) is 0. The van der Waals surface area contributed by atoms with E-state index in [1.807, 2.05) is 36.9 Å². The normalized spacial score (nSPS) is 24.6. The molecule has 0 bridgehead atoms. The van der Waals surface area contributed by atoms with Gasteiger partial charge in [0.15, 0.2) is 5.82 Å². The van der Waals surface area contributed by atoms with Gasteiger partial charge in [-0.3, -0.25) is 9.69 Å². The van der Waals surface area contributed by atoms with E-state index in [1.54, 1.807) is 0 Å². The molecule has 3 rings (SSSR count). The molecule has 138 valence electrons. The molecular formula is C18H29N5O2. The van der Waals surface area contributed by atoms with Crippen LogP contribution in [0, 0.1) is 6.92 Å². The first-order valence-electron chi connectivity index (χ1n) is 9.04. The second-order valence-electron chi connectivity index (χ2n) is 7.40. The molecule has 0 aliphatic carbocycles. The van der Waals surface area contributed by atoms with E-state index >= 15 is 0 Å². The van der Waals surface area contributed by atoms with Gasteiger partial charge in [-0.1, -0.05) is 0 Å². The molecule has 25 heavy (non-hydrogen) atoms. The molecule has 0 aromatic carbocycles. The first-order chi connectivity index (χ1) is 11.9. The number of carbonyl (C=O) groups excluding carboxylic acids is 1. The summed E-state index contributed by atoms with van der Waals surface area (Å²) < 4.78 is 5.37. The number of ether oxygens (including phenoxy) is 1. The van der Waals surface area contributed by atoms with Crippen LogP contribution in [0.3, 0.4) is 0 Å². The second kappa shape index (κ2) is 7.25. The van der Waals surface area contributed by atoms with Crippen LogP contribution in [0.25, 0.3) is 0 Å². The number of aromatic nitrogens is 2. The highest BCUT2D eigenvalue weighted by Crippen LogP contribution is 2.37. The second-order valence-corrected chi connectivity index (χ2v) is 7.40. The molecule has 1 amide bonds. The summed E-state index contributed by atoms with van der Waals surface area (Å²) >= 11 is 0. The zero-order valence-corrected chi connectivity index (χ0v) is 15.8. The number of hydrogen-bond donors (Lipinski definition) is 0. The Labute approximate surface area is 150 Å². The standard InChI is InChI=1S/C18H29N5O2/c1-14-12-15(21(3)4)20-17(19-14)18(2)6-5-7-23(18)16(24)13-22-8-10-25-11-9-22/h12H,5-11,13H2,1-4H3/t18-/m1/s1. The van der Waals surface area contributed by atoms with Crippen molar-refractivity contribution in [2.24, 2.45) is 0 Å². The smallest absolute Gasteiger partial charge is 0.237 e. The minimum absolute atomic E-state index is 0.165. The molecule has 0 N–H and O–H groups in total. The zero-order valence-electron chi connectivity index (χ0n) is 15.8. The van der Waals surface area contributed by atoms with Gasteiger partial charge in [0.05, 0.1) is 25.3 Å². The van der Waals surface area contributed by atoms with E-state index < -0.39 is 5.54 Å². The van der Waals surface area contributed by atoms with Crippen LogP contribution in [0.15, 0.2) is 6.07 Å². The number of rotatable bonds is 4. The summed E-state index contributed by atoms with van der Waals surface area (Å²) in [6.07, 6.45) is 1.89. The van der Waals surface area contributed by atoms with Gasteiger partial charge in [0.1, 0.15) is 5.82 Å². The number of amides is 1. The van der Waals surface area contributed by atoms with Crippen LogP contribution < -0.4 is 4.90 Å². The first kappa shape index (κ1) is 18.1. The fourth-order valence-electron chi connectivity index (χ4n) is 3.65. The van der Waals surface area contributed by atoms with Crippen LogP contribution in [-0.2, 0) is 15.1 Å². The van der Waals surface area contributed by atoms with E-state index in [-0.39, 0.29) is 5.91 Å². The lowest BCUT2D eigenvalue weighted by Crippen LogP contribution is -2.50. The maximum absolute atomic E-state index is 13.0. The van der Waals surface area contributed by atoms with Crippen molar-refractivity contribution in [1.29, 1.82) is 0 Å². The van der Waals surface area contributed by atoms with Crippen molar-refractivity contribution in [2.45, 2.75) is 32.2 Å². The summed E-state index contributed by atoms with van der Waals surface area (Å²) in [5.41, 5.74) is 0.502. The fraction of sp³-hybridized carbons (Fsp3) is 0.722. The topological polar surface area (TPSA) is 61.8 Å². The van der Waals surface area contributed by atoms with Crippen LogP contribution in [-0.4, -0.2) is 79.2 Å². The van der Waals surface area contributed by atoms with E-state index in [4.69, 9.17) is 9.72 Å². The lowest BCUT2D eigenvalue weighted by Gasteiger charge is -2.36. The molecule has 2 aliphatic rings. The molecule has 0 spiro atoms. The van der Waals surface area contributed by atoms with Gasteiger partial charge in [-0.05, 0) is 26.7 Å². The Morgan fingerprint density at radius 3 is 2.68 bits per heavy atom. The van der Waals surface area contributed by atoms with Crippen molar-refractivity contribution < 1.29 is 9.53 Å². The lowest BCUT2D eigenvalue weighted by molar-refractivity contribution is -0.137. The molecule has 7 heteroatoms. The zero-order chi connectivity index (χ0) is 18.0. The van der Waals surface area contributed by atoms with Crippen molar-refractivity contribution in [3.8, 4) is 0 Å². The van der Waals surface area contributed by atoms with Gasteiger partial charge in [-0.15, -0.1) is 0 Å². The molecule has 0 saturated carbocycles. The van der Waals surface area contributed by atoms with Gasteiger partial charge in [0, 0.05) is 45.5 Å². The molecule has 0 unspecified atom stereocenters. The third kappa shape index (κ3) is 3.77. The Morgan fingerprint density at radius 2 is 2.00 bits per heavy atom. The predicted octanol–water partition coefficient (Wildman–Crippen LogP) is 1.02. The quantitative estimate of drug-likeness (QED) is 0.810.